The van der Waals surface area contributed by atoms with Crippen LogP contribution in [0.15, 0.2) is 41.0 Å². The first-order chi connectivity index (χ1) is 9.13. The van der Waals surface area contributed by atoms with Crippen molar-refractivity contribution in [2.45, 2.75) is 0 Å². The zero-order valence-electron chi connectivity index (χ0n) is 9.54. The lowest BCUT2D eigenvalue weighted by Crippen LogP contribution is -2.13. The second-order valence-corrected chi connectivity index (χ2v) is 3.96. The summed E-state index contributed by atoms with van der Waals surface area (Å²) in [6, 6.07) is 6.00. The highest BCUT2D eigenvalue weighted by Gasteiger charge is 2.13. The number of nitrogens with one attached hydrogen (secondary N) is 2. The van der Waals surface area contributed by atoms with Crippen molar-refractivity contribution in [3.8, 4) is 0 Å². The fraction of sp³-hybridized carbons (Fsp3) is 0. The maximum Gasteiger partial charge on any atom is 0.272 e. The lowest BCUT2D eigenvalue weighted by atomic mass is 10.3. The van der Waals surface area contributed by atoms with Gasteiger partial charge in [-0.15, -0.1) is 0 Å². The van der Waals surface area contributed by atoms with Crippen LogP contribution in [0.4, 0.5) is 14.5 Å². The first kappa shape index (κ1) is 11.5. The van der Waals surface area contributed by atoms with E-state index in [4.69, 9.17) is 4.42 Å². The summed E-state index contributed by atoms with van der Waals surface area (Å²) in [7, 11) is 0. The van der Waals surface area contributed by atoms with E-state index in [9.17, 15) is 13.6 Å². The molecule has 0 aliphatic heterocycles. The molecule has 0 spiro atoms. The molecule has 0 aliphatic carbocycles. The van der Waals surface area contributed by atoms with Crippen LogP contribution in [0, 0.1) is 11.6 Å². The fourth-order valence-electron chi connectivity index (χ4n) is 1.75. The van der Waals surface area contributed by atoms with E-state index < -0.39 is 17.5 Å². The number of halogens is 2. The van der Waals surface area contributed by atoms with Gasteiger partial charge in [0, 0.05) is 18.2 Å². The lowest BCUT2D eigenvalue weighted by molar-refractivity contribution is 0.102. The summed E-state index contributed by atoms with van der Waals surface area (Å²) in [5.41, 5.74) is 1.17. The number of benzene rings is 1. The third-order valence-electron chi connectivity index (χ3n) is 2.66. The van der Waals surface area contributed by atoms with Crippen molar-refractivity contribution in [1.29, 1.82) is 0 Å². The Labute approximate surface area is 106 Å². The fourth-order valence-corrected chi connectivity index (χ4v) is 1.75. The Morgan fingerprint density at radius 2 is 2.05 bits per heavy atom. The minimum atomic E-state index is -0.704. The molecule has 0 fully saturated rings. The van der Waals surface area contributed by atoms with Crippen molar-refractivity contribution in [1.82, 2.24) is 4.98 Å². The van der Waals surface area contributed by atoms with Crippen molar-refractivity contribution < 1.29 is 18.0 Å². The second-order valence-electron chi connectivity index (χ2n) is 3.96. The monoisotopic (exact) mass is 262 g/mol. The van der Waals surface area contributed by atoms with E-state index in [1.165, 1.54) is 12.3 Å². The molecule has 1 amide bonds. The van der Waals surface area contributed by atoms with Gasteiger partial charge in [-0.05, 0) is 12.1 Å². The number of carbonyl (C=O) groups excluding carboxylic acids is 1. The summed E-state index contributed by atoms with van der Waals surface area (Å²) in [5.74, 6) is -1.90. The van der Waals surface area contributed by atoms with E-state index in [0.29, 0.717) is 11.1 Å². The number of carbonyl (C=O) groups is 1. The van der Waals surface area contributed by atoms with Crippen LogP contribution in [0.5, 0.6) is 0 Å². The van der Waals surface area contributed by atoms with Crippen molar-refractivity contribution in [3.05, 3.63) is 53.9 Å². The van der Waals surface area contributed by atoms with Gasteiger partial charge in [-0.1, -0.05) is 0 Å². The molecule has 0 atom stereocenters. The van der Waals surface area contributed by atoms with E-state index in [1.807, 2.05) is 0 Å². The lowest BCUT2D eigenvalue weighted by Gasteiger charge is -2.04. The average molecular weight is 262 g/mol. The minimum Gasteiger partial charge on any atom is -0.463 e. The number of amides is 1. The first-order valence-corrected chi connectivity index (χ1v) is 5.46. The highest BCUT2D eigenvalue weighted by atomic mass is 19.1. The van der Waals surface area contributed by atoms with Gasteiger partial charge in [-0.3, -0.25) is 4.79 Å². The molecule has 1 aromatic carbocycles. The van der Waals surface area contributed by atoms with Crippen LogP contribution < -0.4 is 5.32 Å². The maximum atomic E-state index is 13.4. The Kier molecular flexibility index (Phi) is 2.56. The molecular weight excluding hydrogens is 254 g/mol. The van der Waals surface area contributed by atoms with Gasteiger partial charge < -0.3 is 14.7 Å². The van der Waals surface area contributed by atoms with E-state index in [1.54, 1.807) is 6.07 Å². The third-order valence-corrected chi connectivity index (χ3v) is 2.66. The molecule has 0 saturated carbocycles. The Hall–Kier alpha value is -2.63. The molecule has 3 aromatic rings. The van der Waals surface area contributed by atoms with Crippen LogP contribution >= 0.6 is 0 Å². The molecule has 2 aromatic heterocycles. The number of rotatable bonds is 2. The molecule has 0 saturated heterocycles. The molecule has 0 unspecified atom stereocenters. The molecule has 3 rings (SSSR count). The summed E-state index contributed by atoms with van der Waals surface area (Å²) in [4.78, 5) is 14.7. The molecule has 2 heterocycles. The summed E-state index contributed by atoms with van der Waals surface area (Å²) in [5, 5.41) is 2.29. The van der Waals surface area contributed by atoms with Crippen molar-refractivity contribution in [2.75, 3.05) is 5.32 Å². The Balaban J connectivity index is 1.88. The Morgan fingerprint density at radius 3 is 2.84 bits per heavy atom. The maximum absolute atomic E-state index is 13.4. The molecule has 0 bridgehead atoms. The Morgan fingerprint density at radius 1 is 1.21 bits per heavy atom. The smallest absolute Gasteiger partial charge is 0.272 e. The molecule has 6 heteroatoms. The van der Waals surface area contributed by atoms with Crippen LogP contribution in [-0.4, -0.2) is 10.9 Å². The van der Waals surface area contributed by atoms with Gasteiger partial charge in [0.25, 0.3) is 5.91 Å². The third kappa shape index (κ3) is 2.08. The first-order valence-electron chi connectivity index (χ1n) is 5.46. The van der Waals surface area contributed by atoms with Crippen molar-refractivity contribution >= 4 is 22.7 Å². The van der Waals surface area contributed by atoms with Crippen molar-refractivity contribution in [3.63, 3.8) is 0 Å². The topological polar surface area (TPSA) is 58.0 Å². The van der Waals surface area contributed by atoms with E-state index in [2.05, 4.69) is 10.3 Å². The highest BCUT2D eigenvalue weighted by Crippen LogP contribution is 2.19. The highest BCUT2D eigenvalue weighted by molar-refractivity contribution is 6.05. The summed E-state index contributed by atoms with van der Waals surface area (Å²) >= 11 is 0. The number of hydrogen-bond donors (Lipinski definition) is 2. The number of anilines is 1. The second kappa shape index (κ2) is 4.24. The standard InChI is InChI=1S/C13H8F2N2O2/c14-7-1-2-8(15)10(5-7)17-13(18)11-6-12-9(16-11)3-4-19-12/h1-6,16H,(H,17,18). The predicted molar refractivity (Wildman–Crippen MR) is 64.9 cm³/mol. The van der Waals surface area contributed by atoms with Crippen LogP contribution in [-0.2, 0) is 0 Å². The number of fused-ring (bicyclic) bond motifs is 1. The van der Waals surface area contributed by atoms with E-state index in [-0.39, 0.29) is 11.4 Å². The van der Waals surface area contributed by atoms with Gasteiger partial charge in [-0.2, -0.15) is 0 Å². The largest absolute Gasteiger partial charge is 0.463 e. The zero-order chi connectivity index (χ0) is 13.4. The molecule has 19 heavy (non-hydrogen) atoms. The van der Waals surface area contributed by atoms with Gasteiger partial charge in [0.15, 0.2) is 5.58 Å². The van der Waals surface area contributed by atoms with Crippen LogP contribution in [0.3, 0.4) is 0 Å². The van der Waals surface area contributed by atoms with Gasteiger partial charge in [0.1, 0.15) is 17.3 Å². The predicted octanol–water partition coefficient (Wildman–Crippen LogP) is 3.29. The molecule has 2 N–H and O–H groups in total. The summed E-state index contributed by atoms with van der Waals surface area (Å²) < 4.78 is 31.5. The SMILES string of the molecule is O=C(Nc1cc(F)ccc1F)c1cc2occc2[nH]1. The summed E-state index contributed by atoms with van der Waals surface area (Å²) in [6.45, 7) is 0. The van der Waals surface area contributed by atoms with E-state index >= 15 is 0 Å². The van der Waals surface area contributed by atoms with Crippen molar-refractivity contribution in [2.24, 2.45) is 0 Å². The molecule has 96 valence electrons. The van der Waals surface area contributed by atoms with Gasteiger partial charge in [0.05, 0.1) is 17.5 Å². The van der Waals surface area contributed by atoms with Crippen LogP contribution in [0.25, 0.3) is 11.1 Å². The molecule has 0 radical (unpaired) electrons. The van der Waals surface area contributed by atoms with Crippen LogP contribution in [0.2, 0.25) is 0 Å². The minimum absolute atomic E-state index is 0.206. The van der Waals surface area contributed by atoms with Gasteiger partial charge in [-0.25, -0.2) is 8.78 Å². The van der Waals surface area contributed by atoms with Gasteiger partial charge >= 0.3 is 0 Å². The molecular formula is C13H8F2N2O2. The number of aromatic amines is 1. The quantitative estimate of drug-likeness (QED) is 0.744. The van der Waals surface area contributed by atoms with E-state index in [0.717, 1.165) is 18.2 Å². The average Bonchev–Trinajstić information content (AvgIpc) is 2.94. The summed E-state index contributed by atoms with van der Waals surface area (Å²) in [6.07, 6.45) is 1.48. The number of furan rings is 1. The number of hydrogen-bond acceptors (Lipinski definition) is 2. The van der Waals surface area contributed by atoms with Crippen LogP contribution in [0.1, 0.15) is 10.5 Å². The molecule has 4 nitrogen and oxygen atoms in total. The normalized spacial score (nSPS) is 10.8. The molecule has 0 aliphatic rings. The van der Waals surface area contributed by atoms with Gasteiger partial charge in [0.2, 0.25) is 0 Å². The number of H-pyrrole nitrogens is 1. The number of aromatic nitrogens is 1. The Bertz CT molecular complexity index is 732. The zero-order valence-corrected chi connectivity index (χ0v) is 9.54.